The molecule has 8 heteroatoms. The topological polar surface area (TPSA) is 89.4 Å². The lowest BCUT2D eigenvalue weighted by Gasteiger charge is -2.33. The number of nitrogens with one attached hydrogen (secondary N) is 2. The van der Waals surface area contributed by atoms with Crippen LogP contribution in [0.4, 0.5) is 5.69 Å². The second-order valence-electron chi connectivity index (χ2n) is 9.38. The van der Waals surface area contributed by atoms with E-state index in [1.165, 1.54) is 9.80 Å². The van der Waals surface area contributed by atoms with Gasteiger partial charge >= 0.3 is 0 Å². The summed E-state index contributed by atoms with van der Waals surface area (Å²) >= 11 is 0. The molecule has 166 valence electrons. The van der Waals surface area contributed by atoms with Crippen molar-refractivity contribution >= 4 is 23.4 Å². The fraction of sp³-hybridized carbons (Fsp3) is 0.609. The molecule has 1 saturated carbocycles. The third-order valence-corrected chi connectivity index (χ3v) is 7.39. The Labute approximate surface area is 181 Å². The van der Waals surface area contributed by atoms with Crippen LogP contribution in [0.25, 0.3) is 0 Å². The van der Waals surface area contributed by atoms with Crippen molar-refractivity contribution in [3.63, 3.8) is 0 Å². The number of benzene rings is 1. The van der Waals surface area contributed by atoms with Gasteiger partial charge in [0.15, 0.2) is 18.2 Å². The lowest BCUT2D eigenvalue weighted by molar-refractivity contribution is -0.913. The van der Waals surface area contributed by atoms with Crippen LogP contribution in [0.2, 0.25) is 0 Å². The number of fused-ring (bicyclic) bond motifs is 1. The molecule has 31 heavy (non-hydrogen) atoms. The summed E-state index contributed by atoms with van der Waals surface area (Å²) in [5.74, 6) is 1.31. The Hall–Kier alpha value is -2.61. The lowest BCUT2D eigenvalue weighted by atomic mass is 9.73. The molecule has 3 amide bonds. The standard InChI is InChI=1S/C23H29N3O5/c27-20-13-23(8-2-1-3-9-23)22(29)26(20)14-25-10-6-16(7-11-25)21(28)24-17-4-5-18-19(12-17)31-15-30-18/h4-5,12,16H,1-3,6-11,13-15H2,(H,24,28)/p+1. The molecule has 1 aromatic rings. The van der Waals surface area contributed by atoms with Gasteiger partial charge in [0, 0.05) is 36.9 Å². The molecule has 8 nitrogen and oxygen atoms in total. The van der Waals surface area contributed by atoms with Gasteiger partial charge in [0.05, 0.1) is 18.5 Å². The maximum Gasteiger partial charge on any atom is 0.240 e. The summed E-state index contributed by atoms with van der Waals surface area (Å²) in [5, 5.41) is 2.98. The first kappa shape index (κ1) is 20.3. The van der Waals surface area contributed by atoms with E-state index in [1.54, 1.807) is 12.1 Å². The van der Waals surface area contributed by atoms with Gasteiger partial charge in [-0.3, -0.25) is 14.4 Å². The smallest absolute Gasteiger partial charge is 0.240 e. The van der Waals surface area contributed by atoms with Crippen molar-refractivity contribution in [1.29, 1.82) is 0 Å². The summed E-state index contributed by atoms with van der Waals surface area (Å²) in [6.07, 6.45) is 6.83. The van der Waals surface area contributed by atoms with E-state index in [9.17, 15) is 14.4 Å². The van der Waals surface area contributed by atoms with E-state index < -0.39 is 5.41 Å². The van der Waals surface area contributed by atoms with E-state index in [-0.39, 0.29) is 30.4 Å². The number of amides is 3. The highest BCUT2D eigenvalue weighted by molar-refractivity contribution is 6.05. The Kier molecular flexibility index (Phi) is 5.33. The minimum absolute atomic E-state index is 0.00685. The molecule has 0 radical (unpaired) electrons. The maximum atomic E-state index is 13.0. The summed E-state index contributed by atoms with van der Waals surface area (Å²) in [6, 6.07) is 5.40. The molecule has 0 aromatic heterocycles. The molecule has 4 aliphatic rings. The Balaban J connectivity index is 1.13. The number of carbonyl (C=O) groups is 3. The molecule has 0 atom stereocenters. The summed E-state index contributed by atoms with van der Waals surface area (Å²) in [7, 11) is 0. The fourth-order valence-corrected chi connectivity index (χ4v) is 5.53. The van der Waals surface area contributed by atoms with Gasteiger partial charge in [-0.15, -0.1) is 0 Å². The van der Waals surface area contributed by atoms with Gasteiger partial charge < -0.3 is 19.7 Å². The number of nitrogens with zero attached hydrogens (tertiary/aromatic N) is 1. The average molecular weight is 429 g/mol. The molecule has 3 heterocycles. The Bertz CT molecular complexity index is 887. The van der Waals surface area contributed by atoms with Crippen molar-refractivity contribution in [2.45, 2.75) is 51.4 Å². The fourth-order valence-electron chi connectivity index (χ4n) is 5.53. The number of likely N-dealkylation sites (tertiary alicyclic amines) is 2. The zero-order chi connectivity index (χ0) is 21.4. The molecular weight excluding hydrogens is 398 g/mol. The van der Waals surface area contributed by atoms with Gasteiger partial charge in [-0.1, -0.05) is 19.3 Å². The van der Waals surface area contributed by atoms with Crippen molar-refractivity contribution in [3.8, 4) is 11.5 Å². The maximum absolute atomic E-state index is 13.0. The van der Waals surface area contributed by atoms with E-state index >= 15 is 0 Å². The van der Waals surface area contributed by atoms with E-state index in [4.69, 9.17) is 9.47 Å². The van der Waals surface area contributed by atoms with Crippen LogP contribution in [-0.4, -0.2) is 49.2 Å². The minimum Gasteiger partial charge on any atom is -0.454 e. The Morgan fingerprint density at radius 2 is 1.84 bits per heavy atom. The highest BCUT2D eigenvalue weighted by atomic mass is 16.7. The van der Waals surface area contributed by atoms with Crippen LogP contribution < -0.4 is 19.7 Å². The van der Waals surface area contributed by atoms with Crippen molar-refractivity contribution in [3.05, 3.63) is 18.2 Å². The number of piperidine rings is 1. The number of anilines is 1. The van der Waals surface area contributed by atoms with Crippen molar-refractivity contribution in [1.82, 2.24) is 4.90 Å². The molecule has 1 aromatic carbocycles. The minimum atomic E-state index is -0.419. The van der Waals surface area contributed by atoms with Gasteiger partial charge in [0.1, 0.15) is 0 Å². The molecule has 0 unspecified atom stereocenters. The SMILES string of the molecule is O=C(Nc1ccc2c(c1)OCO2)C1CC[NH+](CN2C(=O)CC3(CCCCC3)C2=O)CC1. The van der Waals surface area contributed by atoms with Gasteiger partial charge in [0.2, 0.25) is 24.5 Å². The van der Waals surface area contributed by atoms with Crippen LogP contribution in [0, 0.1) is 11.3 Å². The molecule has 3 aliphatic heterocycles. The third kappa shape index (κ3) is 3.89. The van der Waals surface area contributed by atoms with E-state index in [0.717, 1.165) is 58.0 Å². The first-order valence-corrected chi connectivity index (χ1v) is 11.4. The molecule has 1 aliphatic carbocycles. The van der Waals surface area contributed by atoms with Crippen LogP contribution in [0.15, 0.2) is 18.2 Å². The number of imide groups is 1. The molecule has 0 bridgehead atoms. The first-order valence-electron chi connectivity index (χ1n) is 11.4. The van der Waals surface area contributed by atoms with Crippen LogP contribution >= 0.6 is 0 Å². The van der Waals surface area contributed by atoms with E-state index in [1.807, 2.05) is 6.07 Å². The normalized spacial score (nSPS) is 27.0. The van der Waals surface area contributed by atoms with Crippen molar-refractivity contribution < 1.29 is 28.8 Å². The van der Waals surface area contributed by atoms with Crippen molar-refractivity contribution in [2.24, 2.45) is 11.3 Å². The van der Waals surface area contributed by atoms with Gasteiger partial charge in [-0.2, -0.15) is 0 Å². The second-order valence-corrected chi connectivity index (χ2v) is 9.38. The van der Waals surface area contributed by atoms with Gasteiger partial charge in [-0.05, 0) is 25.0 Å². The van der Waals surface area contributed by atoms with Crippen molar-refractivity contribution in [2.75, 3.05) is 31.9 Å². The Morgan fingerprint density at radius 3 is 2.61 bits per heavy atom. The lowest BCUT2D eigenvalue weighted by Crippen LogP contribution is -3.14. The molecule has 5 rings (SSSR count). The zero-order valence-electron chi connectivity index (χ0n) is 17.8. The molecule has 2 saturated heterocycles. The van der Waals surface area contributed by atoms with Crippen LogP contribution in [0.1, 0.15) is 51.4 Å². The van der Waals surface area contributed by atoms with Crippen LogP contribution in [0.3, 0.4) is 0 Å². The highest BCUT2D eigenvalue weighted by Crippen LogP contribution is 2.45. The monoisotopic (exact) mass is 428 g/mol. The van der Waals surface area contributed by atoms with Crippen LogP contribution in [0.5, 0.6) is 11.5 Å². The average Bonchev–Trinajstić information content (AvgIpc) is 3.33. The number of ether oxygens (including phenoxy) is 2. The summed E-state index contributed by atoms with van der Waals surface area (Å²) in [5.41, 5.74) is 0.285. The van der Waals surface area contributed by atoms with Crippen LogP contribution in [-0.2, 0) is 14.4 Å². The predicted molar refractivity (Wildman–Crippen MR) is 111 cm³/mol. The number of hydrogen-bond acceptors (Lipinski definition) is 5. The number of quaternary nitrogens is 1. The quantitative estimate of drug-likeness (QED) is 0.706. The zero-order valence-corrected chi connectivity index (χ0v) is 17.8. The van der Waals surface area contributed by atoms with Gasteiger partial charge in [0.25, 0.3) is 0 Å². The first-order chi connectivity index (χ1) is 15.0. The predicted octanol–water partition coefficient (Wildman–Crippen LogP) is 1.32. The van der Waals surface area contributed by atoms with Gasteiger partial charge in [-0.25, -0.2) is 4.90 Å². The summed E-state index contributed by atoms with van der Waals surface area (Å²) in [4.78, 5) is 41.1. The summed E-state index contributed by atoms with van der Waals surface area (Å²) < 4.78 is 10.7. The second kappa shape index (κ2) is 8.15. The highest BCUT2D eigenvalue weighted by Gasteiger charge is 2.52. The number of rotatable bonds is 4. The molecule has 3 fully saturated rings. The Morgan fingerprint density at radius 1 is 1.10 bits per heavy atom. The largest absolute Gasteiger partial charge is 0.454 e. The summed E-state index contributed by atoms with van der Waals surface area (Å²) in [6.45, 7) is 2.21. The third-order valence-electron chi connectivity index (χ3n) is 7.39. The molecular formula is C23H30N3O5+. The number of carbonyl (C=O) groups excluding carboxylic acids is 3. The molecule has 2 N–H and O–H groups in total. The van der Waals surface area contributed by atoms with E-state index in [0.29, 0.717) is 30.3 Å². The van der Waals surface area contributed by atoms with E-state index in [2.05, 4.69) is 5.32 Å². The molecule has 1 spiro atoms. The number of hydrogen-bond donors (Lipinski definition) is 2.